The van der Waals surface area contributed by atoms with Crippen molar-refractivity contribution in [1.82, 2.24) is 4.90 Å². The van der Waals surface area contributed by atoms with Crippen LogP contribution in [0.1, 0.15) is 26.3 Å². The first-order valence-corrected chi connectivity index (χ1v) is 6.66. The Labute approximate surface area is 127 Å². The van der Waals surface area contributed by atoms with Gasteiger partial charge in [-0.2, -0.15) is 0 Å². The Morgan fingerprint density at radius 3 is 2.45 bits per heavy atom. The Morgan fingerprint density at radius 1 is 1.32 bits per heavy atom. The molecule has 0 aliphatic carbocycles. The highest BCUT2D eigenvalue weighted by Gasteiger charge is 2.41. The van der Waals surface area contributed by atoms with E-state index in [2.05, 4.69) is 0 Å². The predicted molar refractivity (Wildman–Crippen MR) is 79.1 cm³/mol. The normalized spacial score (nSPS) is 17.9. The van der Waals surface area contributed by atoms with Crippen LogP contribution in [-0.2, 0) is 9.59 Å². The Morgan fingerprint density at radius 2 is 1.95 bits per heavy atom. The molecule has 0 radical (unpaired) electrons. The second-order valence-electron chi connectivity index (χ2n) is 6.02. The number of nitro benzene ring substituents is 1. The largest absolute Gasteiger partial charge is 0.506 e. The van der Waals surface area contributed by atoms with Crippen molar-refractivity contribution in [2.75, 3.05) is 6.54 Å². The summed E-state index contributed by atoms with van der Waals surface area (Å²) < 4.78 is 0. The summed E-state index contributed by atoms with van der Waals surface area (Å²) in [6.45, 7) is 5.24. The molecule has 7 nitrogen and oxygen atoms in total. The maximum Gasteiger partial charge on any atom is 0.270 e. The number of amides is 1. The molecule has 0 bridgehead atoms. The van der Waals surface area contributed by atoms with E-state index in [4.69, 9.17) is 0 Å². The average Bonchev–Trinajstić information content (AvgIpc) is 2.73. The highest BCUT2D eigenvalue weighted by Crippen LogP contribution is 2.29. The van der Waals surface area contributed by atoms with Crippen molar-refractivity contribution in [3.63, 3.8) is 0 Å². The van der Waals surface area contributed by atoms with Gasteiger partial charge in [0.25, 0.3) is 11.6 Å². The van der Waals surface area contributed by atoms with Gasteiger partial charge < -0.3 is 10.0 Å². The molecule has 1 N–H and O–H groups in total. The number of nitro groups is 1. The molecule has 1 fully saturated rings. The van der Waals surface area contributed by atoms with Gasteiger partial charge in [-0.1, -0.05) is 12.1 Å². The third-order valence-electron chi connectivity index (χ3n) is 3.42. The zero-order valence-electron chi connectivity index (χ0n) is 12.5. The van der Waals surface area contributed by atoms with Gasteiger partial charge in [-0.05, 0) is 20.8 Å². The number of carbonyl (C=O) groups is 2. The summed E-state index contributed by atoms with van der Waals surface area (Å²) >= 11 is 0. The third kappa shape index (κ3) is 2.69. The maximum atomic E-state index is 12.3. The molecule has 2 rings (SSSR count). The van der Waals surface area contributed by atoms with E-state index in [0.29, 0.717) is 0 Å². The Balaban J connectivity index is 2.50. The van der Waals surface area contributed by atoms with Gasteiger partial charge in [-0.25, -0.2) is 0 Å². The quantitative estimate of drug-likeness (QED) is 0.296. The fourth-order valence-corrected chi connectivity index (χ4v) is 2.23. The molecule has 1 aromatic carbocycles. The number of likely N-dealkylation sites (tertiary alicyclic amines) is 1. The van der Waals surface area contributed by atoms with Gasteiger partial charge in [0.2, 0.25) is 0 Å². The number of rotatable bonds is 2. The highest BCUT2D eigenvalue weighted by atomic mass is 16.6. The summed E-state index contributed by atoms with van der Waals surface area (Å²) in [7, 11) is 0. The van der Waals surface area contributed by atoms with E-state index < -0.39 is 27.9 Å². The van der Waals surface area contributed by atoms with Crippen LogP contribution in [0.15, 0.2) is 29.8 Å². The second kappa shape index (κ2) is 5.25. The predicted octanol–water partition coefficient (Wildman–Crippen LogP) is 2.07. The fraction of sp³-hybridized carbons (Fsp3) is 0.333. The lowest BCUT2D eigenvalue weighted by Crippen LogP contribution is -2.42. The van der Waals surface area contributed by atoms with Crippen LogP contribution in [0, 0.1) is 10.1 Å². The number of hydrogen-bond donors (Lipinski definition) is 1. The van der Waals surface area contributed by atoms with E-state index in [-0.39, 0.29) is 23.4 Å². The van der Waals surface area contributed by atoms with Crippen molar-refractivity contribution in [2.45, 2.75) is 26.3 Å². The van der Waals surface area contributed by atoms with Crippen LogP contribution in [-0.4, -0.2) is 38.7 Å². The zero-order chi connectivity index (χ0) is 16.7. The topological polar surface area (TPSA) is 101 Å². The first-order chi connectivity index (χ1) is 10.1. The van der Waals surface area contributed by atoms with Gasteiger partial charge in [0.15, 0.2) is 5.78 Å². The standard InChI is InChI=1S/C15H16N2O5/c1-15(2,3)16-8-11(18)12(14(16)20)13(19)9-5-4-6-10(7-9)17(21)22/h4-7,19H,8H2,1-3H3/b13-12-. The van der Waals surface area contributed by atoms with Crippen molar-refractivity contribution >= 4 is 23.1 Å². The first-order valence-electron chi connectivity index (χ1n) is 6.66. The number of Topliss-reactive ketones (excluding diaryl/α,β-unsaturated/α-hetero) is 1. The zero-order valence-corrected chi connectivity index (χ0v) is 12.5. The summed E-state index contributed by atoms with van der Waals surface area (Å²) in [5.41, 5.74) is -1.04. The molecule has 1 heterocycles. The number of nitrogens with zero attached hydrogens (tertiary/aromatic N) is 2. The van der Waals surface area contributed by atoms with E-state index >= 15 is 0 Å². The number of ketones is 1. The lowest BCUT2D eigenvalue weighted by atomic mass is 10.1. The molecular weight excluding hydrogens is 288 g/mol. The van der Waals surface area contributed by atoms with Gasteiger partial charge in [0, 0.05) is 23.2 Å². The molecule has 0 spiro atoms. The molecule has 0 saturated carbocycles. The average molecular weight is 304 g/mol. The number of hydrogen-bond acceptors (Lipinski definition) is 5. The number of carbonyl (C=O) groups excluding carboxylic acids is 2. The third-order valence-corrected chi connectivity index (χ3v) is 3.42. The molecule has 1 saturated heterocycles. The minimum absolute atomic E-state index is 0.0710. The summed E-state index contributed by atoms with van der Waals surface area (Å²) in [4.78, 5) is 35.9. The summed E-state index contributed by atoms with van der Waals surface area (Å²) in [6, 6.07) is 5.19. The lowest BCUT2D eigenvalue weighted by molar-refractivity contribution is -0.384. The number of benzene rings is 1. The van der Waals surface area contributed by atoms with Crippen molar-refractivity contribution in [3.8, 4) is 0 Å². The van der Waals surface area contributed by atoms with E-state index in [9.17, 15) is 24.8 Å². The highest BCUT2D eigenvalue weighted by molar-refractivity contribution is 6.28. The Kier molecular flexibility index (Phi) is 3.74. The van der Waals surface area contributed by atoms with Gasteiger partial charge in [0.05, 0.1) is 11.5 Å². The van der Waals surface area contributed by atoms with Crippen LogP contribution in [0.4, 0.5) is 5.69 Å². The molecule has 1 aliphatic heterocycles. The van der Waals surface area contributed by atoms with Gasteiger partial charge in [-0.15, -0.1) is 0 Å². The van der Waals surface area contributed by atoms with Crippen LogP contribution in [0.25, 0.3) is 5.76 Å². The van der Waals surface area contributed by atoms with Crippen molar-refractivity contribution in [3.05, 3.63) is 45.5 Å². The van der Waals surface area contributed by atoms with Crippen molar-refractivity contribution in [2.24, 2.45) is 0 Å². The van der Waals surface area contributed by atoms with E-state index in [0.717, 1.165) is 6.07 Å². The maximum absolute atomic E-state index is 12.3. The van der Waals surface area contributed by atoms with E-state index in [1.54, 1.807) is 20.8 Å². The van der Waals surface area contributed by atoms with Crippen LogP contribution in [0.5, 0.6) is 0 Å². The molecule has 116 valence electrons. The molecule has 0 atom stereocenters. The minimum Gasteiger partial charge on any atom is -0.506 e. The van der Waals surface area contributed by atoms with Crippen molar-refractivity contribution < 1.29 is 19.6 Å². The molecule has 22 heavy (non-hydrogen) atoms. The molecule has 1 aliphatic rings. The summed E-state index contributed by atoms with van der Waals surface area (Å²) in [6.07, 6.45) is 0. The van der Waals surface area contributed by atoms with Gasteiger partial charge in [0.1, 0.15) is 11.3 Å². The number of aliphatic hydroxyl groups is 1. The molecule has 1 amide bonds. The monoisotopic (exact) mass is 304 g/mol. The molecule has 0 aromatic heterocycles. The molecule has 1 aromatic rings. The number of non-ortho nitro benzene ring substituents is 1. The summed E-state index contributed by atoms with van der Waals surface area (Å²) in [5, 5.41) is 21.0. The van der Waals surface area contributed by atoms with Crippen LogP contribution < -0.4 is 0 Å². The van der Waals surface area contributed by atoms with Gasteiger partial charge >= 0.3 is 0 Å². The van der Waals surface area contributed by atoms with Gasteiger partial charge in [-0.3, -0.25) is 19.7 Å². The smallest absolute Gasteiger partial charge is 0.270 e. The van der Waals surface area contributed by atoms with Crippen LogP contribution in [0.2, 0.25) is 0 Å². The van der Waals surface area contributed by atoms with Crippen LogP contribution >= 0.6 is 0 Å². The first kappa shape index (κ1) is 15.7. The fourth-order valence-electron chi connectivity index (χ4n) is 2.23. The number of aliphatic hydroxyl groups excluding tert-OH is 1. The van der Waals surface area contributed by atoms with E-state index in [1.807, 2.05) is 0 Å². The molecule has 0 unspecified atom stereocenters. The summed E-state index contributed by atoms with van der Waals surface area (Å²) in [5.74, 6) is -1.59. The Bertz CT molecular complexity index is 700. The van der Waals surface area contributed by atoms with Crippen molar-refractivity contribution in [1.29, 1.82) is 0 Å². The SMILES string of the molecule is CC(C)(C)N1CC(=O)/C(=C(/O)c2cccc([N+](=O)[O-])c2)C1=O. The second-order valence-corrected chi connectivity index (χ2v) is 6.02. The minimum atomic E-state index is -0.610. The molecular formula is C15H16N2O5. The Hall–Kier alpha value is -2.70. The molecule has 7 heteroatoms. The van der Waals surface area contributed by atoms with Crippen LogP contribution in [0.3, 0.4) is 0 Å². The lowest BCUT2D eigenvalue weighted by Gasteiger charge is -2.30. The van der Waals surface area contributed by atoms with E-state index in [1.165, 1.54) is 23.1 Å².